The van der Waals surface area contributed by atoms with Gasteiger partial charge >= 0.3 is 0 Å². The molecule has 1 atom stereocenters. The van der Waals surface area contributed by atoms with Crippen molar-refractivity contribution in [3.63, 3.8) is 0 Å². The lowest BCUT2D eigenvalue weighted by molar-refractivity contribution is -0.120. The molecule has 0 saturated carbocycles. The summed E-state index contributed by atoms with van der Waals surface area (Å²) in [5, 5.41) is 2.75. The molecule has 0 aromatic carbocycles. The van der Waals surface area contributed by atoms with Gasteiger partial charge in [-0.15, -0.1) is 0 Å². The average Bonchev–Trinajstić information content (AvgIpc) is 2.11. The Hall–Kier alpha value is -0.610. The molecule has 0 aromatic rings. The van der Waals surface area contributed by atoms with Gasteiger partial charge in [-0.2, -0.15) is 0 Å². The molecular formula is C9H21N3O. The second-order valence-electron chi connectivity index (χ2n) is 3.43. The highest BCUT2D eigenvalue weighted by atomic mass is 16.1. The lowest BCUT2D eigenvalue weighted by Crippen LogP contribution is -2.49. The fourth-order valence-corrected chi connectivity index (χ4v) is 1.17. The van der Waals surface area contributed by atoms with Gasteiger partial charge in [0.2, 0.25) is 6.41 Å². The molecule has 4 nitrogen and oxygen atoms in total. The standard InChI is InChI=1S/C7H14N2O.C2H7N/c1-7-5-9(6-10)4-3-8(7)2;1-3-2/h6-7H,3-5H2,1-2H3;3H,1-2H3. The largest absolute Gasteiger partial charge is 0.342 e. The first-order valence-electron chi connectivity index (χ1n) is 4.63. The van der Waals surface area contributed by atoms with E-state index in [1.54, 1.807) is 0 Å². The van der Waals surface area contributed by atoms with E-state index in [1.165, 1.54) is 0 Å². The van der Waals surface area contributed by atoms with E-state index in [2.05, 4.69) is 24.2 Å². The molecule has 0 bridgehead atoms. The van der Waals surface area contributed by atoms with Gasteiger partial charge < -0.3 is 15.1 Å². The zero-order chi connectivity index (χ0) is 10.3. The Bertz CT molecular complexity index is 141. The van der Waals surface area contributed by atoms with Crippen molar-refractivity contribution < 1.29 is 4.79 Å². The Morgan fingerprint density at radius 3 is 2.31 bits per heavy atom. The van der Waals surface area contributed by atoms with Crippen LogP contribution in [0.25, 0.3) is 0 Å². The molecule has 13 heavy (non-hydrogen) atoms. The maximum absolute atomic E-state index is 10.3. The van der Waals surface area contributed by atoms with Crippen LogP contribution in [0.4, 0.5) is 0 Å². The maximum atomic E-state index is 10.3. The van der Waals surface area contributed by atoms with Crippen LogP contribution in [0.2, 0.25) is 0 Å². The van der Waals surface area contributed by atoms with Gasteiger partial charge in [0.15, 0.2) is 0 Å². The molecule has 1 aliphatic rings. The van der Waals surface area contributed by atoms with Crippen molar-refractivity contribution in [2.24, 2.45) is 0 Å². The molecule has 1 aliphatic heterocycles. The molecule has 1 amide bonds. The molecule has 0 aliphatic carbocycles. The van der Waals surface area contributed by atoms with Crippen molar-refractivity contribution in [2.45, 2.75) is 13.0 Å². The summed E-state index contributed by atoms with van der Waals surface area (Å²) in [6.45, 7) is 4.89. The molecule has 1 heterocycles. The van der Waals surface area contributed by atoms with Crippen molar-refractivity contribution >= 4 is 6.41 Å². The van der Waals surface area contributed by atoms with Gasteiger partial charge in [0.25, 0.3) is 0 Å². The summed E-state index contributed by atoms with van der Waals surface area (Å²) >= 11 is 0. The highest BCUT2D eigenvalue weighted by molar-refractivity contribution is 5.47. The summed E-state index contributed by atoms with van der Waals surface area (Å²) in [7, 11) is 5.84. The second-order valence-corrected chi connectivity index (χ2v) is 3.43. The van der Waals surface area contributed by atoms with Crippen molar-refractivity contribution in [3.8, 4) is 0 Å². The quantitative estimate of drug-likeness (QED) is 0.568. The maximum Gasteiger partial charge on any atom is 0.209 e. The third-order valence-electron chi connectivity index (χ3n) is 2.14. The number of carbonyl (C=O) groups is 1. The third kappa shape index (κ3) is 4.85. The number of nitrogens with zero attached hydrogens (tertiary/aromatic N) is 2. The van der Waals surface area contributed by atoms with Crippen LogP contribution >= 0.6 is 0 Å². The van der Waals surface area contributed by atoms with Gasteiger partial charge in [0.1, 0.15) is 0 Å². The summed E-state index contributed by atoms with van der Waals surface area (Å²) in [5.74, 6) is 0. The molecule has 1 unspecified atom stereocenters. The van der Waals surface area contributed by atoms with Gasteiger partial charge in [-0.05, 0) is 28.1 Å². The Kier molecular flexibility index (Phi) is 6.54. The van der Waals surface area contributed by atoms with Crippen LogP contribution in [0.15, 0.2) is 0 Å². The first-order valence-corrected chi connectivity index (χ1v) is 4.63. The molecular weight excluding hydrogens is 166 g/mol. The Labute approximate surface area is 80.9 Å². The van der Waals surface area contributed by atoms with Crippen LogP contribution in [-0.4, -0.2) is 63.0 Å². The van der Waals surface area contributed by atoms with E-state index in [4.69, 9.17) is 0 Å². The highest BCUT2D eigenvalue weighted by Gasteiger charge is 2.18. The van der Waals surface area contributed by atoms with Crippen LogP contribution in [-0.2, 0) is 4.79 Å². The third-order valence-corrected chi connectivity index (χ3v) is 2.14. The first-order chi connectivity index (χ1) is 6.15. The molecule has 0 aromatic heterocycles. The molecule has 1 N–H and O–H groups in total. The monoisotopic (exact) mass is 187 g/mol. The van der Waals surface area contributed by atoms with E-state index in [0.717, 1.165) is 26.0 Å². The molecule has 4 heteroatoms. The lowest BCUT2D eigenvalue weighted by atomic mass is 10.2. The van der Waals surface area contributed by atoms with E-state index in [1.807, 2.05) is 19.0 Å². The zero-order valence-corrected chi connectivity index (χ0v) is 9.08. The van der Waals surface area contributed by atoms with E-state index in [9.17, 15) is 4.79 Å². The summed E-state index contributed by atoms with van der Waals surface area (Å²) in [6.07, 6.45) is 0.934. The molecule has 0 radical (unpaired) electrons. The molecule has 0 spiro atoms. The number of amides is 1. The number of nitrogens with one attached hydrogen (secondary N) is 1. The number of rotatable bonds is 1. The molecule has 1 saturated heterocycles. The van der Waals surface area contributed by atoms with Crippen LogP contribution in [0, 0.1) is 0 Å². The van der Waals surface area contributed by atoms with Gasteiger partial charge in [0.05, 0.1) is 0 Å². The van der Waals surface area contributed by atoms with Gasteiger partial charge in [-0.1, -0.05) is 0 Å². The summed E-state index contributed by atoms with van der Waals surface area (Å²) < 4.78 is 0. The van der Waals surface area contributed by atoms with E-state index >= 15 is 0 Å². The van der Waals surface area contributed by atoms with Gasteiger partial charge in [-0.25, -0.2) is 0 Å². The molecule has 1 rings (SSSR count). The summed E-state index contributed by atoms with van der Waals surface area (Å²) in [5.41, 5.74) is 0. The second kappa shape index (κ2) is 6.86. The van der Waals surface area contributed by atoms with Crippen molar-refractivity contribution in [3.05, 3.63) is 0 Å². The number of hydrogen-bond acceptors (Lipinski definition) is 3. The number of hydrogen-bond donors (Lipinski definition) is 1. The average molecular weight is 187 g/mol. The predicted molar refractivity (Wildman–Crippen MR) is 54.7 cm³/mol. The lowest BCUT2D eigenvalue weighted by Gasteiger charge is -2.35. The van der Waals surface area contributed by atoms with Crippen LogP contribution in [0.3, 0.4) is 0 Å². The fraction of sp³-hybridized carbons (Fsp3) is 0.889. The van der Waals surface area contributed by atoms with Crippen LogP contribution in [0.5, 0.6) is 0 Å². The summed E-state index contributed by atoms with van der Waals surface area (Å²) in [6, 6.07) is 0.513. The SMILES string of the molecule is CC1CN(C=O)CCN1C.CNC. The van der Waals surface area contributed by atoms with Crippen molar-refractivity contribution in [1.29, 1.82) is 0 Å². The van der Waals surface area contributed by atoms with E-state index < -0.39 is 0 Å². The zero-order valence-electron chi connectivity index (χ0n) is 9.08. The fourth-order valence-electron chi connectivity index (χ4n) is 1.17. The van der Waals surface area contributed by atoms with Crippen molar-refractivity contribution in [1.82, 2.24) is 15.1 Å². The topological polar surface area (TPSA) is 35.6 Å². The Balaban J connectivity index is 0.000000424. The molecule has 1 fully saturated rings. The van der Waals surface area contributed by atoms with Gasteiger partial charge in [-0.3, -0.25) is 4.79 Å². The number of piperazine rings is 1. The van der Waals surface area contributed by atoms with Crippen LogP contribution in [0.1, 0.15) is 6.92 Å². The van der Waals surface area contributed by atoms with Crippen LogP contribution < -0.4 is 5.32 Å². The minimum Gasteiger partial charge on any atom is -0.342 e. The number of likely N-dealkylation sites (N-methyl/N-ethyl adjacent to an activating group) is 1. The van der Waals surface area contributed by atoms with Gasteiger partial charge in [0, 0.05) is 25.7 Å². The summed E-state index contributed by atoms with van der Waals surface area (Å²) in [4.78, 5) is 14.4. The smallest absolute Gasteiger partial charge is 0.209 e. The van der Waals surface area contributed by atoms with E-state index in [-0.39, 0.29) is 0 Å². The highest BCUT2D eigenvalue weighted by Crippen LogP contribution is 2.03. The minimum atomic E-state index is 0.513. The Morgan fingerprint density at radius 2 is 1.92 bits per heavy atom. The number of carbonyl (C=O) groups excluding carboxylic acids is 1. The normalized spacial score (nSPS) is 23.4. The first kappa shape index (κ1) is 12.4. The molecule has 78 valence electrons. The Morgan fingerprint density at radius 1 is 1.38 bits per heavy atom. The van der Waals surface area contributed by atoms with E-state index in [0.29, 0.717) is 6.04 Å². The van der Waals surface area contributed by atoms with Crippen molar-refractivity contribution in [2.75, 3.05) is 40.8 Å². The predicted octanol–water partition coefficient (Wildman–Crippen LogP) is -0.386. The minimum absolute atomic E-state index is 0.513.